The van der Waals surface area contributed by atoms with Crippen LogP contribution in [0, 0.1) is 0 Å². The Labute approximate surface area is 147 Å². The van der Waals surface area contributed by atoms with E-state index in [0.717, 1.165) is 15.8 Å². The molecule has 0 amide bonds. The molecule has 0 aliphatic heterocycles. The van der Waals surface area contributed by atoms with Crippen molar-refractivity contribution in [1.82, 2.24) is 14.1 Å². The fourth-order valence-electron chi connectivity index (χ4n) is 2.33. The van der Waals surface area contributed by atoms with Crippen LogP contribution < -0.4 is 4.72 Å². The minimum atomic E-state index is -1.18. The minimum Gasteiger partial charge on any atom is -0.598 e. The number of alkyl halides is 1. The lowest BCUT2D eigenvalue weighted by atomic mass is 10.1. The van der Waals surface area contributed by atoms with Gasteiger partial charge in [-0.1, -0.05) is 0 Å². The lowest BCUT2D eigenvalue weighted by Gasteiger charge is -2.25. The summed E-state index contributed by atoms with van der Waals surface area (Å²) in [6.07, 6.45) is 4.83. The summed E-state index contributed by atoms with van der Waals surface area (Å²) >= 11 is 2.31. The molecule has 2 heterocycles. The van der Waals surface area contributed by atoms with E-state index in [4.69, 9.17) is 0 Å². The van der Waals surface area contributed by atoms with Crippen LogP contribution in [0.1, 0.15) is 57.8 Å². The van der Waals surface area contributed by atoms with Gasteiger partial charge in [-0.15, -0.1) is 4.72 Å². The molecule has 7 heteroatoms. The molecule has 3 rings (SSSR count). The summed E-state index contributed by atoms with van der Waals surface area (Å²) < 4.78 is 31.9. The van der Waals surface area contributed by atoms with Gasteiger partial charge in [0, 0.05) is 29.3 Å². The van der Waals surface area contributed by atoms with E-state index >= 15 is 0 Å². The SMILES string of the molecule is C[C@@H](N[S+]([O-])C(C)(C)C)c1cn2cc(C3(F)CC3)cc(Br)c2n1. The van der Waals surface area contributed by atoms with E-state index in [0.29, 0.717) is 18.4 Å². The molecular formula is C16H21BrFN3OS. The molecule has 0 aromatic carbocycles. The maximum absolute atomic E-state index is 14.3. The maximum Gasteiger partial charge on any atom is 0.151 e. The van der Waals surface area contributed by atoms with Crippen molar-refractivity contribution >= 4 is 32.9 Å². The molecule has 2 aromatic rings. The van der Waals surface area contributed by atoms with Gasteiger partial charge in [0.2, 0.25) is 0 Å². The smallest absolute Gasteiger partial charge is 0.151 e. The van der Waals surface area contributed by atoms with Crippen LogP contribution in [0.4, 0.5) is 4.39 Å². The van der Waals surface area contributed by atoms with Gasteiger partial charge >= 0.3 is 0 Å². The molecule has 0 radical (unpaired) electrons. The zero-order valence-corrected chi connectivity index (χ0v) is 16.1. The number of pyridine rings is 1. The van der Waals surface area contributed by atoms with Crippen LogP contribution in [0.15, 0.2) is 22.9 Å². The highest BCUT2D eigenvalue weighted by Gasteiger charge is 2.45. The fourth-order valence-corrected chi connectivity index (χ4v) is 3.66. The summed E-state index contributed by atoms with van der Waals surface area (Å²) in [7, 11) is 0. The minimum absolute atomic E-state index is 0.162. The van der Waals surface area contributed by atoms with Crippen LogP contribution >= 0.6 is 15.9 Å². The zero-order chi connectivity index (χ0) is 17.0. The molecule has 0 spiro atoms. The number of hydrogen-bond donors (Lipinski definition) is 1. The predicted molar refractivity (Wildman–Crippen MR) is 94.4 cm³/mol. The van der Waals surface area contributed by atoms with Gasteiger partial charge in [-0.25, -0.2) is 9.37 Å². The van der Waals surface area contributed by atoms with E-state index < -0.39 is 17.0 Å². The van der Waals surface area contributed by atoms with Crippen LogP contribution in [0.25, 0.3) is 5.65 Å². The summed E-state index contributed by atoms with van der Waals surface area (Å²) in [5.41, 5.74) is 1.02. The number of fused-ring (bicyclic) bond motifs is 1. The highest BCUT2D eigenvalue weighted by atomic mass is 79.9. The van der Waals surface area contributed by atoms with Crippen molar-refractivity contribution in [3.63, 3.8) is 0 Å². The normalized spacial score (nSPS) is 19.8. The Hall–Kier alpha value is -0.630. The molecule has 126 valence electrons. The van der Waals surface area contributed by atoms with Crippen LogP contribution in [0.2, 0.25) is 0 Å². The average molecular weight is 402 g/mol. The number of imidazole rings is 1. The second-order valence-electron chi connectivity index (χ2n) is 7.16. The summed E-state index contributed by atoms with van der Waals surface area (Å²) in [4.78, 5) is 4.59. The van der Waals surface area contributed by atoms with E-state index in [-0.39, 0.29) is 10.8 Å². The zero-order valence-electron chi connectivity index (χ0n) is 13.7. The van der Waals surface area contributed by atoms with Crippen molar-refractivity contribution < 1.29 is 8.94 Å². The van der Waals surface area contributed by atoms with E-state index in [1.165, 1.54) is 0 Å². The first kappa shape index (κ1) is 17.2. The molecule has 1 N–H and O–H groups in total. The molecule has 1 aliphatic rings. The summed E-state index contributed by atoms with van der Waals surface area (Å²) in [6.45, 7) is 7.70. The number of nitrogens with zero attached hydrogens (tertiary/aromatic N) is 2. The van der Waals surface area contributed by atoms with Gasteiger partial charge in [-0.3, -0.25) is 0 Å². The lowest BCUT2D eigenvalue weighted by Crippen LogP contribution is -2.40. The molecule has 2 aromatic heterocycles. The van der Waals surface area contributed by atoms with Gasteiger partial charge in [-0.05, 0) is 62.5 Å². The topological polar surface area (TPSA) is 52.4 Å². The van der Waals surface area contributed by atoms with Crippen LogP contribution in [-0.4, -0.2) is 18.7 Å². The Balaban J connectivity index is 1.89. The third-order valence-electron chi connectivity index (χ3n) is 4.01. The van der Waals surface area contributed by atoms with Crippen molar-refractivity contribution in [3.8, 4) is 0 Å². The first-order valence-electron chi connectivity index (χ1n) is 7.66. The van der Waals surface area contributed by atoms with Gasteiger partial charge in [0.25, 0.3) is 0 Å². The molecule has 0 bridgehead atoms. The first-order chi connectivity index (χ1) is 10.6. The standard InChI is InChI=1S/C16H21BrFN3OS/c1-10(20-23(22)15(2,3)4)13-9-21-8-11(16(18)5-6-16)7-12(17)14(21)19-13/h7-10,20H,5-6H2,1-4H3/t10-,23?/m1/s1. The van der Waals surface area contributed by atoms with Crippen molar-refractivity contribution in [2.75, 3.05) is 0 Å². The number of halogens is 2. The van der Waals surface area contributed by atoms with E-state index in [1.807, 2.05) is 44.4 Å². The Morgan fingerprint density at radius 2 is 2.09 bits per heavy atom. The molecule has 23 heavy (non-hydrogen) atoms. The van der Waals surface area contributed by atoms with Gasteiger partial charge in [0.1, 0.15) is 10.4 Å². The second kappa shape index (κ2) is 5.72. The molecule has 0 saturated heterocycles. The largest absolute Gasteiger partial charge is 0.598 e. The van der Waals surface area contributed by atoms with Gasteiger partial charge in [0.05, 0.1) is 16.2 Å². The number of aromatic nitrogens is 2. The molecule has 1 aliphatic carbocycles. The van der Waals surface area contributed by atoms with E-state index in [1.54, 1.807) is 6.20 Å². The van der Waals surface area contributed by atoms with Gasteiger partial charge in [0.15, 0.2) is 5.65 Å². The van der Waals surface area contributed by atoms with E-state index in [2.05, 4.69) is 25.6 Å². The quantitative estimate of drug-likeness (QED) is 0.782. The fraction of sp³-hybridized carbons (Fsp3) is 0.562. The van der Waals surface area contributed by atoms with Crippen LogP contribution in [0.3, 0.4) is 0 Å². The van der Waals surface area contributed by atoms with Crippen molar-refractivity contribution in [2.45, 2.75) is 57.0 Å². The highest BCUT2D eigenvalue weighted by molar-refractivity contribution is 9.10. The summed E-state index contributed by atoms with van der Waals surface area (Å²) in [5, 5.41) is 0. The number of hydrogen-bond acceptors (Lipinski definition) is 3. The first-order valence-corrected chi connectivity index (χ1v) is 9.60. The summed E-state index contributed by atoms with van der Waals surface area (Å²) in [6, 6.07) is 1.65. The maximum atomic E-state index is 14.3. The van der Waals surface area contributed by atoms with Crippen molar-refractivity contribution in [2.24, 2.45) is 0 Å². The molecule has 1 fully saturated rings. The molecule has 2 atom stereocenters. The Kier molecular flexibility index (Phi) is 4.28. The van der Waals surface area contributed by atoms with Crippen LogP contribution in [-0.2, 0) is 17.0 Å². The molecule has 1 unspecified atom stereocenters. The second-order valence-corrected chi connectivity index (χ2v) is 10.0. The summed E-state index contributed by atoms with van der Waals surface area (Å²) in [5.74, 6) is 0. The predicted octanol–water partition coefficient (Wildman–Crippen LogP) is 4.17. The molecule has 4 nitrogen and oxygen atoms in total. The molecule has 1 saturated carbocycles. The number of rotatable bonds is 4. The lowest BCUT2D eigenvalue weighted by molar-refractivity contribution is 0.316. The monoisotopic (exact) mass is 401 g/mol. The molecular weight excluding hydrogens is 381 g/mol. The third-order valence-corrected chi connectivity index (χ3v) is 6.28. The third kappa shape index (κ3) is 3.43. The highest BCUT2D eigenvalue weighted by Crippen LogP contribution is 2.50. The Bertz CT molecular complexity index is 739. The van der Waals surface area contributed by atoms with E-state index in [9.17, 15) is 8.94 Å². The van der Waals surface area contributed by atoms with Gasteiger partial charge < -0.3 is 8.95 Å². The van der Waals surface area contributed by atoms with Crippen LogP contribution in [0.5, 0.6) is 0 Å². The van der Waals surface area contributed by atoms with Crippen molar-refractivity contribution in [1.29, 1.82) is 0 Å². The number of nitrogens with one attached hydrogen (secondary N) is 1. The van der Waals surface area contributed by atoms with Gasteiger partial charge in [-0.2, -0.15) is 0 Å². The van der Waals surface area contributed by atoms with Crippen molar-refractivity contribution in [3.05, 3.63) is 34.2 Å². The Morgan fingerprint density at radius 3 is 2.65 bits per heavy atom. The Morgan fingerprint density at radius 1 is 1.43 bits per heavy atom. The average Bonchev–Trinajstić information content (AvgIpc) is 3.04.